The van der Waals surface area contributed by atoms with Crippen LogP contribution >= 0.6 is 0 Å². The van der Waals surface area contributed by atoms with Crippen LogP contribution in [0.15, 0.2) is 53.6 Å². The quantitative estimate of drug-likeness (QED) is 0.543. The number of aryl methyl sites for hydroxylation is 1. The second kappa shape index (κ2) is 8.65. The average molecular weight is 485 g/mol. The number of carbonyl (C=O) groups excluding carboxylic acids is 2. The highest BCUT2D eigenvalue weighted by molar-refractivity contribution is 7.89. The van der Waals surface area contributed by atoms with Crippen LogP contribution in [0.3, 0.4) is 0 Å². The van der Waals surface area contributed by atoms with Crippen molar-refractivity contribution in [3.05, 3.63) is 54.2 Å². The normalized spacial score (nSPS) is 18.1. The Kier molecular flexibility index (Phi) is 5.66. The van der Waals surface area contributed by atoms with Crippen molar-refractivity contribution in [1.82, 2.24) is 19.7 Å². The Morgan fingerprint density at radius 1 is 1.03 bits per heavy atom. The molecule has 0 aliphatic carbocycles. The number of hydrogen-bond donors (Lipinski definition) is 2. The Hall–Kier alpha value is -3.57. The van der Waals surface area contributed by atoms with Gasteiger partial charge in [-0.05, 0) is 31.0 Å². The van der Waals surface area contributed by atoms with E-state index in [1.807, 2.05) is 35.9 Å². The highest BCUT2D eigenvalue weighted by Crippen LogP contribution is 2.34. The van der Waals surface area contributed by atoms with Crippen molar-refractivity contribution in [2.24, 2.45) is 7.05 Å². The molecule has 11 heteroatoms. The molecule has 2 aliphatic heterocycles. The number of rotatable bonds is 4. The number of amides is 2. The van der Waals surface area contributed by atoms with Crippen LogP contribution < -0.4 is 20.3 Å². The lowest BCUT2D eigenvalue weighted by Crippen LogP contribution is -2.51. The van der Waals surface area contributed by atoms with E-state index < -0.39 is 27.9 Å². The molecule has 2 amide bonds. The van der Waals surface area contributed by atoms with Gasteiger partial charge in [-0.1, -0.05) is 18.2 Å². The average Bonchev–Trinajstić information content (AvgIpc) is 3.48. The molecule has 1 saturated heterocycles. The fraction of sp³-hybridized carbons (Fsp3) is 0.304. The van der Waals surface area contributed by atoms with E-state index in [2.05, 4.69) is 10.9 Å². The lowest BCUT2D eigenvalue weighted by Gasteiger charge is -2.24. The highest BCUT2D eigenvalue weighted by atomic mass is 32.2. The van der Waals surface area contributed by atoms with Gasteiger partial charge in [-0.2, -0.15) is 4.31 Å². The maximum Gasteiger partial charge on any atom is 0.271 e. The van der Waals surface area contributed by atoms with E-state index in [4.69, 9.17) is 9.47 Å². The maximum absolute atomic E-state index is 13.3. The van der Waals surface area contributed by atoms with Crippen molar-refractivity contribution in [2.75, 3.05) is 19.8 Å². The first-order chi connectivity index (χ1) is 16.4. The molecule has 34 heavy (non-hydrogen) atoms. The van der Waals surface area contributed by atoms with Crippen LogP contribution in [-0.4, -0.2) is 54.9 Å². The third-order valence-electron chi connectivity index (χ3n) is 6.07. The first-order valence-corrected chi connectivity index (χ1v) is 12.4. The molecular weight excluding hydrogens is 460 g/mol. The Bertz CT molecular complexity index is 1380. The van der Waals surface area contributed by atoms with Crippen molar-refractivity contribution in [3.8, 4) is 11.5 Å². The van der Waals surface area contributed by atoms with Crippen LogP contribution in [-0.2, 0) is 21.9 Å². The number of nitrogens with zero attached hydrogens (tertiary/aromatic N) is 2. The van der Waals surface area contributed by atoms with Crippen LogP contribution in [0.4, 0.5) is 0 Å². The molecule has 3 aromatic rings. The molecule has 3 heterocycles. The fourth-order valence-corrected chi connectivity index (χ4v) is 6.07. The van der Waals surface area contributed by atoms with Crippen molar-refractivity contribution in [1.29, 1.82) is 0 Å². The van der Waals surface area contributed by atoms with Crippen molar-refractivity contribution >= 4 is 32.7 Å². The SMILES string of the molecule is Cn1cc(C(=O)NNC(=O)C2CCCN2S(=O)(=O)c2ccc3c(c2)OCCO3)c2ccccc21. The van der Waals surface area contributed by atoms with Gasteiger partial charge < -0.3 is 14.0 Å². The van der Waals surface area contributed by atoms with Gasteiger partial charge in [0.1, 0.15) is 19.3 Å². The van der Waals surface area contributed by atoms with Crippen molar-refractivity contribution in [2.45, 2.75) is 23.8 Å². The summed E-state index contributed by atoms with van der Waals surface area (Å²) in [5, 5.41) is 0.750. The van der Waals surface area contributed by atoms with Crippen LogP contribution in [0.25, 0.3) is 10.9 Å². The van der Waals surface area contributed by atoms with Crippen LogP contribution in [0, 0.1) is 0 Å². The fourth-order valence-electron chi connectivity index (χ4n) is 4.40. The molecule has 0 bridgehead atoms. The van der Waals surface area contributed by atoms with Gasteiger partial charge in [0.2, 0.25) is 10.0 Å². The van der Waals surface area contributed by atoms with E-state index in [1.165, 1.54) is 12.1 Å². The summed E-state index contributed by atoms with van der Waals surface area (Å²) in [6.07, 6.45) is 2.55. The molecule has 1 fully saturated rings. The van der Waals surface area contributed by atoms with Gasteiger partial charge in [0, 0.05) is 36.8 Å². The minimum Gasteiger partial charge on any atom is -0.486 e. The molecule has 10 nitrogen and oxygen atoms in total. The van der Waals surface area contributed by atoms with E-state index in [0.29, 0.717) is 43.1 Å². The number of carbonyl (C=O) groups is 2. The first kappa shape index (κ1) is 22.2. The number of aromatic nitrogens is 1. The Morgan fingerprint density at radius 3 is 2.62 bits per heavy atom. The molecule has 1 atom stereocenters. The molecule has 0 spiro atoms. The molecule has 2 N–H and O–H groups in total. The molecule has 1 unspecified atom stereocenters. The summed E-state index contributed by atoms with van der Waals surface area (Å²) in [5.74, 6) is -0.233. The standard InChI is InChI=1S/C23H24N4O6S/c1-26-14-17(16-5-2-3-6-18(16)26)22(28)24-25-23(29)19-7-4-10-27(19)34(30,31)15-8-9-20-21(13-15)33-12-11-32-20/h2-3,5-6,8-9,13-14,19H,4,7,10-12H2,1H3,(H,24,28)(H,25,29). The molecule has 2 aliphatic rings. The van der Waals surface area contributed by atoms with Crippen LogP contribution in [0.5, 0.6) is 11.5 Å². The Labute approximate surface area is 196 Å². The van der Waals surface area contributed by atoms with Gasteiger partial charge in [0.15, 0.2) is 11.5 Å². The first-order valence-electron chi connectivity index (χ1n) is 10.9. The number of hydrazine groups is 1. The third-order valence-corrected chi connectivity index (χ3v) is 7.97. The number of hydrogen-bond acceptors (Lipinski definition) is 6. The van der Waals surface area contributed by atoms with Crippen LogP contribution in [0.1, 0.15) is 23.2 Å². The highest BCUT2D eigenvalue weighted by Gasteiger charge is 2.40. The summed E-state index contributed by atoms with van der Waals surface area (Å²) in [7, 11) is -2.13. The van der Waals surface area contributed by atoms with E-state index in [0.717, 1.165) is 15.2 Å². The third kappa shape index (κ3) is 3.86. The zero-order valence-electron chi connectivity index (χ0n) is 18.5. The van der Waals surface area contributed by atoms with E-state index in [1.54, 1.807) is 12.3 Å². The summed E-state index contributed by atoms with van der Waals surface area (Å²) in [4.78, 5) is 25.6. The number of ether oxygens (including phenoxy) is 2. The lowest BCUT2D eigenvalue weighted by molar-refractivity contribution is -0.125. The molecule has 178 valence electrons. The Morgan fingerprint density at radius 2 is 1.79 bits per heavy atom. The summed E-state index contributed by atoms with van der Waals surface area (Å²) in [6.45, 7) is 0.936. The number of para-hydroxylation sites is 1. The van der Waals surface area contributed by atoms with E-state index in [-0.39, 0.29) is 11.4 Å². The Balaban J connectivity index is 1.30. The summed E-state index contributed by atoms with van der Waals surface area (Å²) in [5.41, 5.74) is 6.11. The zero-order valence-corrected chi connectivity index (χ0v) is 19.3. The predicted molar refractivity (Wildman–Crippen MR) is 123 cm³/mol. The largest absolute Gasteiger partial charge is 0.486 e. The second-order valence-electron chi connectivity index (χ2n) is 8.19. The van der Waals surface area contributed by atoms with Crippen molar-refractivity contribution < 1.29 is 27.5 Å². The van der Waals surface area contributed by atoms with Gasteiger partial charge >= 0.3 is 0 Å². The van der Waals surface area contributed by atoms with Gasteiger partial charge in [0.05, 0.1) is 10.5 Å². The summed E-state index contributed by atoms with van der Waals surface area (Å²) < 4.78 is 40.6. The number of nitrogens with one attached hydrogen (secondary N) is 2. The zero-order chi connectivity index (χ0) is 23.9. The van der Waals surface area contributed by atoms with E-state index in [9.17, 15) is 18.0 Å². The topological polar surface area (TPSA) is 119 Å². The van der Waals surface area contributed by atoms with Crippen molar-refractivity contribution in [3.63, 3.8) is 0 Å². The predicted octanol–water partition coefficient (Wildman–Crippen LogP) is 1.56. The van der Waals surface area contributed by atoms with Crippen LogP contribution in [0.2, 0.25) is 0 Å². The minimum atomic E-state index is -3.96. The van der Waals surface area contributed by atoms with Gasteiger partial charge in [-0.15, -0.1) is 0 Å². The second-order valence-corrected chi connectivity index (χ2v) is 10.1. The molecule has 5 rings (SSSR count). The van der Waals surface area contributed by atoms with Gasteiger partial charge in [-0.25, -0.2) is 8.42 Å². The lowest BCUT2D eigenvalue weighted by atomic mass is 10.2. The maximum atomic E-state index is 13.3. The summed E-state index contributed by atoms with van der Waals surface area (Å²) in [6, 6.07) is 10.9. The monoisotopic (exact) mass is 484 g/mol. The number of sulfonamides is 1. The molecule has 2 aromatic carbocycles. The summed E-state index contributed by atoms with van der Waals surface area (Å²) >= 11 is 0. The minimum absolute atomic E-state index is 0.0243. The van der Waals surface area contributed by atoms with Gasteiger partial charge in [-0.3, -0.25) is 20.4 Å². The smallest absolute Gasteiger partial charge is 0.271 e. The molecule has 0 radical (unpaired) electrons. The molecule has 1 aromatic heterocycles. The number of benzene rings is 2. The van der Waals surface area contributed by atoms with Gasteiger partial charge in [0.25, 0.3) is 11.8 Å². The molecular formula is C23H24N4O6S. The molecule has 0 saturated carbocycles. The van der Waals surface area contributed by atoms with E-state index >= 15 is 0 Å². The number of fused-ring (bicyclic) bond motifs is 2.